The van der Waals surface area contributed by atoms with Crippen LogP contribution >= 0.6 is 0 Å². The van der Waals surface area contributed by atoms with Gasteiger partial charge in [0.25, 0.3) is 5.91 Å². The SMILES string of the molecule is CCC(CC)C1CC(Nc2ccc(C(=O)N3CCc4ccccc43)cn2)CCO1. The third-order valence-electron chi connectivity index (χ3n) is 6.38. The number of amides is 1. The molecule has 5 heteroatoms. The van der Waals surface area contributed by atoms with E-state index in [1.807, 2.05) is 35.2 Å². The predicted octanol–water partition coefficient (Wildman–Crippen LogP) is 4.68. The lowest BCUT2D eigenvalue weighted by Gasteiger charge is -2.34. The van der Waals surface area contributed by atoms with E-state index in [-0.39, 0.29) is 5.91 Å². The monoisotopic (exact) mass is 393 g/mol. The minimum atomic E-state index is 0.0221. The van der Waals surface area contributed by atoms with Crippen LogP contribution in [0.2, 0.25) is 0 Å². The molecule has 3 heterocycles. The van der Waals surface area contributed by atoms with Gasteiger partial charge in [0.05, 0.1) is 11.7 Å². The molecule has 2 aliphatic heterocycles. The maximum absolute atomic E-state index is 12.9. The number of hydrogen-bond donors (Lipinski definition) is 1. The zero-order chi connectivity index (χ0) is 20.2. The number of benzene rings is 1. The zero-order valence-electron chi connectivity index (χ0n) is 17.4. The number of nitrogens with one attached hydrogen (secondary N) is 1. The fourth-order valence-corrected chi connectivity index (χ4v) is 4.62. The van der Waals surface area contributed by atoms with E-state index in [0.29, 0.717) is 23.6 Å². The van der Waals surface area contributed by atoms with Crippen LogP contribution in [0.5, 0.6) is 0 Å². The van der Waals surface area contributed by atoms with Crippen LogP contribution in [-0.2, 0) is 11.2 Å². The first kappa shape index (κ1) is 19.9. The Labute approximate surface area is 173 Å². The fourth-order valence-electron chi connectivity index (χ4n) is 4.62. The van der Waals surface area contributed by atoms with Crippen LogP contribution in [0.25, 0.3) is 0 Å². The van der Waals surface area contributed by atoms with Gasteiger partial charge in [-0.2, -0.15) is 0 Å². The van der Waals surface area contributed by atoms with Crippen molar-refractivity contribution in [3.05, 3.63) is 53.7 Å². The van der Waals surface area contributed by atoms with Crippen molar-refractivity contribution >= 4 is 17.4 Å². The molecule has 4 rings (SSSR count). The first-order valence-corrected chi connectivity index (χ1v) is 10.9. The van der Waals surface area contributed by atoms with Crippen molar-refractivity contribution in [1.29, 1.82) is 0 Å². The summed E-state index contributed by atoms with van der Waals surface area (Å²) >= 11 is 0. The van der Waals surface area contributed by atoms with Crippen molar-refractivity contribution < 1.29 is 9.53 Å². The van der Waals surface area contributed by atoms with E-state index in [1.54, 1.807) is 6.20 Å². The average molecular weight is 394 g/mol. The molecule has 0 spiro atoms. The van der Waals surface area contributed by atoms with Crippen LogP contribution in [0.4, 0.5) is 11.5 Å². The summed E-state index contributed by atoms with van der Waals surface area (Å²) in [6, 6.07) is 12.3. The summed E-state index contributed by atoms with van der Waals surface area (Å²) in [4.78, 5) is 19.3. The van der Waals surface area contributed by atoms with Crippen molar-refractivity contribution in [3.63, 3.8) is 0 Å². The van der Waals surface area contributed by atoms with Crippen molar-refractivity contribution in [1.82, 2.24) is 4.98 Å². The number of pyridine rings is 1. The highest BCUT2D eigenvalue weighted by Gasteiger charge is 2.28. The van der Waals surface area contributed by atoms with Gasteiger partial charge in [-0.25, -0.2) is 4.98 Å². The smallest absolute Gasteiger partial charge is 0.259 e. The van der Waals surface area contributed by atoms with E-state index in [2.05, 4.69) is 30.2 Å². The Hall–Kier alpha value is -2.40. The molecular weight excluding hydrogens is 362 g/mol. The number of nitrogens with zero attached hydrogens (tertiary/aromatic N) is 2. The molecule has 0 radical (unpaired) electrons. The number of rotatable bonds is 6. The van der Waals surface area contributed by atoms with E-state index < -0.39 is 0 Å². The quantitative estimate of drug-likeness (QED) is 0.774. The minimum absolute atomic E-state index is 0.0221. The summed E-state index contributed by atoms with van der Waals surface area (Å²) in [5.41, 5.74) is 2.89. The molecule has 1 amide bonds. The van der Waals surface area contributed by atoms with Gasteiger partial charge in [0.15, 0.2) is 0 Å². The molecule has 2 atom stereocenters. The molecular formula is C24H31N3O2. The maximum Gasteiger partial charge on any atom is 0.259 e. The van der Waals surface area contributed by atoms with E-state index in [4.69, 9.17) is 4.74 Å². The standard InChI is InChI=1S/C24H31N3O2/c1-3-17(4-2)22-15-20(12-14-29-22)26-23-10-9-19(16-25-23)24(28)27-13-11-18-7-5-6-8-21(18)27/h5-10,16-17,20,22H,3-4,11-15H2,1-2H3,(H,25,26). The van der Waals surface area contributed by atoms with E-state index in [0.717, 1.165) is 56.8 Å². The van der Waals surface area contributed by atoms with Crippen LogP contribution in [-0.4, -0.2) is 36.2 Å². The van der Waals surface area contributed by atoms with Gasteiger partial charge in [-0.1, -0.05) is 44.9 Å². The lowest BCUT2D eigenvalue weighted by atomic mass is 9.89. The van der Waals surface area contributed by atoms with E-state index >= 15 is 0 Å². The fraction of sp³-hybridized carbons (Fsp3) is 0.500. The van der Waals surface area contributed by atoms with Crippen LogP contribution in [0, 0.1) is 5.92 Å². The zero-order valence-corrected chi connectivity index (χ0v) is 17.4. The first-order valence-electron chi connectivity index (χ1n) is 10.9. The van der Waals surface area contributed by atoms with Crippen LogP contribution in [0.3, 0.4) is 0 Å². The number of hydrogen-bond acceptors (Lipinski definition) is 4. The highest BCUT2D eigenvalue weighted by atomic mass is 16.5. The highest BCUT2D eigenvalue weighted by Crippen LogP contribution is 2.29. The van der Waals surface area contributed by atoms with E-state index in [1.165, 1.54) is 5.56 Å². The normalized spacial score (nSPS) is 21.3. The van der Waals surface area contributed by atoms with Crippen LogP contribution in [0.1, 0.15) is 55.5 Å². The maximum atomic E-state index is 12.9. The molecule has 1 saturated heterocycles. The van der Waals surface area contributed by atoms with Crippen molar-refractivity contribution in [2.45, 2.75) is 58.1 Å². The second-order valence-corrected chi connectivity index (χ2v) is 8.12. The number of para-hydroxylation sites is 1. The molecule has 2 aliphatic rings. The third kappa shape index (κ3) is 4.30. The van der Waals surface area contributed by atoms with Crippen molar-refractivity contribution in [2.75, 3.05) is 23.4 Å². The number of carbonyl (C=O) groups is 1. The molecule has 2 unspecified atom stereocenters. The molecule has 5 nitrogen and oxygen atoms in total. The summed E-state index contributed by atoms with van der Waals surface area (Å²) < 4.78 is 6.02. The molecule has 2 aromatic rings. The van der Waals surface area contributed by atoms with Gasteiger partial charge in [0.1, 0.15) is 5.82 Å². The molecule has 1 N–H and O–H groups in total. The van der Waals surface area contributed by atoms with Crippen molar-refractivity contribution in [2.24, 2.45) is 5.92 Å². The molecule has 0 aliphatic carbocycles. The lowest BCUT2D eigenvalue weighted by molar-refractivity contribution is -0.0271. The molecule has 29 heavy (non-hydrogen) atoms. The lowest BCUT2D eigenvalue weighted by Crippen LogP contribution is -2.38. The van der Waals surface area contributed by atoms with Gasteiger partial charge in [-0.3, -0.25) is 4.79 Å². The number of aromatic nitrogens is 1. The molecule has 0 bridgehead atoms. The molecule has 0 saturated carbocycles. The van der Waals surface area contributed by atoms with Gasteiger partial charge in [0, 0.05) is 31.1 Å². The van der Waals surface area contributed by atoms with Gasteiger partial charge < -0.3 is 15.0 Å². The number of carbonyl (C=O) groups excluding carboxylic acids is 1. The number of anilines is 2. The summed E-state index contributed by atoms with van der Waals surface area (Å²) in [5.74, 6) is 1.48. The van der Waals surface area contributed by atoms with Crippen molar-refractivity contribution in [3.8, 4) is 0 Å². The summed E-state index contributed by atoms with van der Waals surface area (Å²) in [5, 5.41) is 3.55. The Morgan fingerprint density at radius 2 is 2.07 bits per heavy atom. The van der Waals surface area contributed by atoms with Crippen LogP contribution in [0.15, 0.2) is 42.6 Å². The number of fused-ring (bicyclic) bond motifs is 1. The van der Waals surface area contributed by atoms with Gasteiger partial charge in [-0.05, 0) is 48.9 Å². The third-order valence-corrected chi connectivity index (χ3v) is 6.38. The summed E-state index contributed by atoms with van der Waals surface area (Å²) in [6.07, 6.45) is 7.25. The highest BCUT2D eigenvalue weighted by molar-refractivity contribution is 6.07. The minimum Gasteiger partial charge on any atom is -0.378 e. The predicted molar refractivity (Wildman–Crippen MR) is 117 cm³/mol. The topological polar surface area (TPSA) is 54.5 Å². The second-order valence-electron chi connectivity index (χ2n) is 8.12. The summed E-state index contributed by atoms with van der Waals surface area (Å²) in [7, 11) is 0. The van der Waals surface area contributed by atoms with Gasteiger partial charge >= 0.3 is 0 Å². The molecule has 1 fully saturated rings. The Kier molecular flexibility index (Phi) is 6.14. The van der Waals surface area contributed by atoms with Crippen LogP contribution < -0.4 is 10.2 Å². The molecule has 1 aromatic heterocycles. The molecule has 1 aromatic carbocycles. The first-order chi connectivity index (χ1) is 14.2. The Morgan fingerprint density at radius 1 is 1.24 bits per heavy atom. The second kappa shape index (κ2) is 8.95. The summed E-state index contributed by atoms with van der Waals surface area (Å²) in [6.45, 7) is 6.01. The molecule has 154 valence electrons. The van der Waals surface area contributed by atoms with Gasteiger partial charge in [-0.15, -0.1) is 0 Å². The van der Waals surface area contributed by atoms with Gasteiger partial charge in [0.2, 0.25) is 0 Å². The van der Waals surface area contributed by atoms with E-state index in [9.17, 15) is 4.79 Å². The average Bonchev–Trinajstić information content (AvgIpc) is 3.19. The largest absolute Gasteiger partial charge is 0.378 e. The number of ether oxygens (including phenoxy) is 1. The Balaban J connectivity index is 1.39. The Morgan fingerprint density at radius 3 is 2.83 bits per heavy atom. The Bertz CT molecular complexity index is 832.